The van der Waals surface area contributed by atoms with Gasteiger partial charge in [-0.2, -0.15) is 0 Å². The van der Waals surface area contributed by atoms with Crippen LogP contribution in [0.1, 0.15) is 19.5 Å². The molecule has 0 aromatic carbocycles. The van der Waals surface area contributed by atoms with Gasteiger partial charge in [0, 0.05) is 11.6 Å². The number of hydrogen-bond acceptors (Lipinski definition) is 5. The third-order valence-corrected chi connectivity index (χ3v) is 3.59. The summed E-state index contributed by atoms with van der Waals surface area (Å²) in [6.45, 7) is 3.81. The van der Waals surface area contributed by atoms with Gasteiger partial charge in [-0.3, -0.25) is 14.6 Å². The average molecular weight is 291 g/mol. The van der Waals surface area contributed by atoms with E-state index >= 15 is 0 Å². The smallest absolute Gasteiger partial charge is 0.252 e. The van der Waals surface area contributed by atoms with Gasteiger partial charge in [0.1, 0.15) is 5.01 Å². The van der Waals surface area contributed by atoms with Gasteiger partial charge in [0.15, 0.2) is 0 Å². The highest BCUT2D eigenvalue weighted by Gasteiger charge is 2.18. The second kappa shape index (κ2) is 6.58. The SMILES string of the molecule is CON(C(=O)Cc1csc(-c2ccccn2)n1)C(C)C. The number of carbonyl (C=O) groups is 1. The van der Waals surface area contributed by atoms with Crippen LogP contribution in [-0.4, -0.2) is 34.1 Å². The Morgan fingerprint density at radius 1 is 1.45 bits per heavy atom. The summed E-state index contributed by atoms with van der Waals surface area (Å²) >= 11 is 1.49. The van der Waals surface area contributed by atoms with E-state index in [0.29, 0.717) is 0 Å². The highest BCUT2D eigenvalue weighted by atomic mass is 32.1. The summed E-state index contributed by atoms with van der Waals surface area (Å²) in [4.78, 5) is 25.9. The van der Waals surface area contributed by atoms with E-state index in [2.05, 4.69) is 9.97 Å². The number of nitrogens with zero attached hydrogens (tertiary/aromatic N) is 3. The summed E-state index contributed by atoms with van der Waals surface area (Å²) in [5, 5.41) is 4.07. The van der Waals surface area contributed by atoms with Gasteiger partial charge in [-0.05, 0) is 26.0 Å². The first kappa shape index (κ1) is 14.6. The maximum Gasteiger partial charge on any atom is 0.252 e. The lowest BCUT2D eigenvalue weighted by Crippen LogP contribution is -2.37. The molecule has 6 heteroatoms. The van der Waals surface area contributed by atoms with Gasteiger partial charge < -0.3 is 0 Å². The van der Waals surface area contributed by atoms with E-state index < -0.39 is 0 Å². The van der Waals surface area contributed by atoms with Gasteiger partial charge in [-0.25, -0.2) is 10.0 Å². The van der Waals surface area contributed by atoms with Crippen molar-refractivity contribution in [2.24, 2.45) is 0 Å². The number of amides is 1. The molecular weight excluding hydrogens is 274 g/mol. The Balaban J connectivity index is 2.08. The van der Waals surface area contributed by atoms with Gasteiger partial charge in [-0.1, -0.05) is 6.07 Å². The Bertz CT molecular complexity index is 569. The standard InChI is InChI=1S/C14H17N3O2S/c1-10(2)17(19-3)13(18)8-11-9-20-14(16-11)12-6-4-5-7-15-12/h4-7,9-10H,8H2,1-3H3. The molecule has 2 rings (SSSR count). The first-order valence-electron chi connectivity index (χ1n) is 6.33. The number of thiazole rings is 1. The maximum absolute atomic E-state index is 12.1. The van der Waals surface area contributed by atoms with E-state index in [1.807, 2.05) is 37.4 Å². The molecule has 0 unspecified atom stereocenters. The number of carbonyl (C=O) groups excluding carboxylic acids is 1. The third-order valence-electron chi connectivity index (χ3n) is 2.68. The zero-order valence-electron chi connectivity index (χ0n) is 11.7. The molecular formula is C14H17N3O2S. The van der Waals surface area contributed by atoms with Crippen molar-refractivity contribution in [2.75, 3.05) is 7.11 Å². The lowest BCUT2D eigenvalue weighted by molar-refractivity contribution is -0.184. The van der Waals surface area contributed by atoms with Crippen LogP contribution in [0, 0.1) is 0 Å². The molecule has 2 heterocycles. The van der Waals surface area contributed by atoms with Crippen molar-refractivity contribution in [3.8, 4) is 10.7 Å². The van der Waals surface area contributed by atoms with Crippen molar-refractivity contribution in [1.29, 1.82) is 0 Å². The van der Waals surface area contributed by atoms with Crippen LogP contribution in [0.5, 0.6) is 0 Å². The molecule has 20 heavy (non-hydrogen) atoms. The fraction of sp³-hybridized carbons (Fsp3) is 0.357. The molecule has 2 aromatic rings. The lowest BCUT2D eigenvalue weighted by atomic mass is 10.3. The fourth-order valence-electron chi connectivity index (χ4n) is 1.83. The second-order valence-corrected chi connectivity index (χ2v) is 5.39. The predicted octanol–water partition coefficient (Wildman–Crippen LogP) is 2.55. The van der Waals surface area contributed by atoms with Gasteiger partial charge >= 0.3 is 0 Å². The molecule has 0 saturated heterocycles. The summed E-state index contributed by atoms with van der Waals surface area (Å²) in [5.41, 5.74) is 1.56. The summed E-state index contributed by atoms with van der Waals surface area (Å²) in [6.07, 6.45) is 1.96. The van der Waals surface area contributed by atoms with Crippen molar-refractivity contribution < 1.29 is 9.63 Å². The molecule has 106 valence electrons. The van der Waals surface area contributed by atoms with E-state index in [1.54, 1.807) is 6.20 Å². The molecule has 0 spiro atoms. The predicted molar refractivity (Wildman–Crippen MR) is 78.0 cm³/mol. The first-order chi connectivity index (χ1) is 9.61. The average Bonchev–Trinajstić information content (AvgIpc) is 2.88. The molecule has 0 atom stereocenters. The van der Waals surface area contributed by atoms with Crippen molar-refractivity contribution in [3.05, 3.63) is 35.5 Å². The minimum absolute atomic E-state index is 0.00129. The maximum atomic E-state index is 12.1. The Morgan fingerprint density at radius 2 is 2.25 bits per heavy atom. The summed E-state index contributed by atoms with van der Waals surface area (Å²) in [5.74, 6) is -0.0969. The van der Waals surface area contributed by atoms with Crippen LogP contribution >= 0.6 is 11.3 Å². The van der Waals surface area contributed by atoms with E-state index in [1.165, 1.54) is 23.5 Å². The minimum atomic E-state index is -0.0969. The minimum Gasteiger partial charge on any atom is -0.274 e. The molecule has 0 saturated carbocycles. The molecule has 0 radical (unpaired) electrons. The molecule has 0 bridgehead atoms. The van der Waals surface area contributed by atoms with Crippen LogP contribution in [0.15, 0.2) is 29.8 Å². The van der Waals surface area contributed by atoms with Crippen LogP contribution in [0.3, 0.4) is 0 Å². The molecule has 0 aliphatic carbocycles. The van der Waals surface area contributed by atoms with Crippen molar-refractivity contribution in [1.82, 2.24) is 15.0 Å². The number of rotatable bonds is 5. The summed E-state index contributed by atoms with van der Waals surface area (Å²) in [7, 11) is 1.50. The lowest BCUT2D eigenvalue weighted by Gasteiger charge is -2.23. The Kier molecular flexibility index (Phi) is 4.81. The van der Waals surface area contributed by atoms with Gasteiger partial charge in [0.05, 0.1) is 31.0 Å². The molecule has 0 aliphatic rings. The number of pyridine rings is 1. The monoisotopic (exact) mass is 291 g/mol. The van der Waals surface area contributed by atoms with Crippen LogP contribution in [0.2, 0.25) is 0 Å². The number of aromatic nitrogens is 2. The summed E-state index contributed by atoms with van der Waals surface area (Å²) in [6, 6.07) is 5.68. The molecule has 2 aromatic heterocycles. The van der Waals surface area contributed by atoms with Crippen LogP contribution < -0.4 is 0 Å². The van der Waals surface area contributed by atoms with Gasteiger partial charge in [0.2, 0.25) is 0 Å². The number of hydroxylamine groups is 2. The van der Waals surface area contributed by atoms with E-state index in [4.69, 9.17) is 4.84 Å². The molecule has 0 fully saturated rings. The molecule has 0 N–H and O–H groups in total. The Labute approximate surface area is 122 Å². The molecule has 5 nitrogen and oxygen atoms in total. The zero-order chi connectivity index (χ0) is 14.5. The number of hydrogen-bond donors (Lipinski definition) is 0. The highest BCUT2D eigenvalue weighted by Crippen LogP contribution is 2.21. The summed E-state index contributed by atoms with van der Waals surface area (Å²) < 4.78 is 0. The van der Waals surface area contributed by atoms with E-state index in [0.717, 1.165) is 16.4 Å². The van der Waals surface area contributed by atoms with Crippen LogP contribution in [0.25, 0.3) is 10.7 Å². The first-order valence-corrected chi connectivity index (χ1v) is 7.21. The van der Waals surface area contributed by atoms with Crippen LogP contribution in [-0.2, 0) is 16.1 Å². The van der Waals surface area contributed by atoms with Gasteiger partial charge in [0.25, 0.3) is 5.91 Å². The second-order valence-electron chi connectivity index (χ2n) is 4.53. The Hall–Kier alpha value is -1.79. The van der Waals surface area contributed by atoms with Crippen molar-refractivity contribution >= 4 is 17.2 Å². The third kappa shape index (κ3) is 3.40. The molecule has 0 aliphatic heterocycles. The zero-order valence-corrected chi connectivity index (χ0v) is 12.6. The molecule has 1 amide bonds. The van der Waals surface area contributed by atoms with Crippen molar-refractivity contribution in [3.63, 3.8) is 0 Å². The van der Waals surface area contributed by atoms with E-state index in [-0.39, 0.29) is 18.4 Å². The quantitative estimate of drug-likeness (QED) is 0.794. The largest absolute Gasteiger partial charge is 0.274 e. The highest BCUT2D eigenvalue weighted by molar-refractivity contribution is 7.13. The van der Waals surface area contributed by atoms with E-state index in [9.17, 15) is 4.79 Å². The fourth-order valence-corrected chi connectivity index (χ4v) is 2.62. The topological polar surface area (TPSA) is 55.3 Å². The van der Waals surface area contributed by atoms with Crippen molar-refractivity contribution in [2.45, 2.75) is 26.3 Å². The normalized spacial score (nSPS) is 10.8. The van der Waals surface area contributed by atoms with Gasteiger partial charge in [-0.15, -0.1) is 11.3 Å². The Morgan fingerprint density at radius 3 is 2.85 bits per heavy atom. The van der Waals surface area contributed by atoms with Crippen LogP contribution in [0.4, 0.5) is 0 Å².